The van der Waals surface area contributed by atoms with Crippen LogP contribution in [-0.2, 0) is 0 Å². The van der Waals surface area contributed by atoms with Crippen molar-refractivity contribution in [2.45, 2.75) is 6.92 Å². The summed E-state index contributed by atoms with van der Waals surface area (Å²) < 4.78 is 9.49. The van der Waals surface area contributed by atoms with E-state index in [1.165, 1.54) is 0 Å². The molecule has 3 aromatic rings. The quantitative estimate of drug-likeness (QED) is 0.530. The number of aryl methyl sites for hydroxylation is 1. The molecule has 0 unspecified atom stereocenters. The lowest BCUT2D eigenvalue weighted by molar-refractivity contribution is -0.510. The summed E-state index contributed by atoms with van der Waals surface area (Å²) in [6.45, 7) is 1.97. The van der Waals surface area contributed by atoms with Gasteiger partial charge in [0.25, 0.3) is 5.65 Å². The Balaban J connectivity index is 0.000000963. The van der Waals surface area contributed by atoms with Gasteiger partial charge in [-0.15, -0.1) is 0 Å². The zero-order chi connectivity index (χ0) is 10.3. The average Bonchev–Trinajstić information content (AvgIpc) is 2.83. The second-order valence-corrected chi connectivity index (χ2v) is 3.50. The van der Waals surface area contributed by atoms with Crippen molar-refractivity contribution in [1.82, 2.24) is 4.57 Å². The van der Waals surface area contributed by atoms with E-state index in [9.17, 15) is 0 Å². The lowest BCUT2D eigenvalue weighted by Gasteiger charge is -1.93. The van der Waals surface area contributed by atoms with Crippen LogP contribution in [0, 0.1) is 6.92 Å². The Hall–Kier alpha value is -1.55. The molecule has 0 amide bonds. The molecule has 0 bridgehead atoms. The third kappa shape index (κ3) is 1.55. The van der Waals surface area contributed by atoms with Gasteiger partial charge in [0.05, 0.1) is 12.5 Å². The van der Waals surface area contributed by atoms with Crippen LogP contribution in [0.2, 0.25) is 0 Å². The van der Waals surface area contributed by atoms with Gasteiger partial charge in [-0.3, -0.25) is 0 Å². The molecule has 3 nitrogen and oxygen atoms in total. The van der Waals surface area contributed by atoms with E-state index in [2.05, 4.69) is 15.0 Å². The number of furan rings is 1. The first-order valence-corrected chi connectivity index (χ1v) is 4.88. The summed E-state index contributed by atoms with van der Waals surface area (Å²) in [6, 6.07) is 8.09. The second-order valence-electron chi connectivity index (χ2n) is 3.50. The number of hydrogen-bond donors (Lipinski definition) is 0. The van der Waals surface area contributed by atoms with Crippen molar-refractivity contribution in [2.24, 2.45) is 0 Å². The Labute approximate surface area is 104 Å². The van der Waals surface area contributed by atoms with Crippen LogP contribution in [0.15, 0.2) is 53.5 Å². The first kappa shape index (κ1) is 11.0. The minimum Gasteiger partial charge on any atom is -1.00 e. The van der Waals surface area contributed by atoms with Gasteiger partial charge in [-0.2, -0.15) is 4.57 Å². The molecule has 0 atom stereocenters. The maximum atomic E-state index is 5.31. The molecule has 0 radical (unpaired) electrons. The van der Waals surface area contributed by atoms with Crippen LogP contribution in [0.3, 0.4) is 0 Å². The smallest absolute Gasteiger partial charge is 0.291 e. The zero-order valence-electron chi connectivity index (χ0n) is 8.80. The Morgan fingerprint density at radius 3 is 2.81 bits per heavy atom. The fourth-order valence-electron chi connectivity index (χ4n) is 1.82. The van der Waals surface area contributed by atoms with Gasteiger partial charge in [0.1, 0.15) is 18.2 Å². The molecule has 0 aliphatic heterocycles. The lowest BCUT2D eigenvalue weighted by atomic mass is 10.4. The molecule has 0 N–H and O–H groups in total. The topological polar surface area (TPSA) is 22.2 Å². The number of halogens is 1. The Bertz CT molecular complexity index is 612. The number of aromatic nitrogens is 2. The summed E-state index contributed by atoms with van der Waals surface area (Å²) >= 11 is 0. The van der Waals surface area contributed by atoms with E-state index >= 15 is 0 Å². The third-order valence-corrected chi connectivity index (χ3v) is 2.58. The van der Waals surface area contributed by atoms with Crippen LogP contribution in [0.1, 0.15) is 5.76 Å². The highest BCUT2D eigenvalue weighted by Crippen LogP contribution is 2.16. The van der Waals surface area contributed by atoms with Crippen molar-refractivity contribution >= 4 is 5.65 Å². The van der Waals surface area contributed by atoms with Gasteiger partial charge in [-0.05, 0) is 13.0 Å². The summed E-state index contributed by atoms with van der Waals surface area (Å²) in [5.74, 6) is 0.928. The van der Waals surface area contributed by atoms with Crippen molar-refractivity contribution < 1.29 is 25.8 Å². The van der Waals surface area contributed by atoms with E-state index in [0.717, 1.165) is 17.1 Å². The first-order chi connectivity index (χ1) is 7.36. The van der Waals surface area contributed by atoms with Gasteiger partial charge < -0.3 is 21.4 Å². The van der Waals surface area contributed by atoms with Gasteiger partial charge >= 0.3 is 0 Å². The summed E-state index contributed by atoms with van der Waals surface area (Å²) in [6.07, 6.45) is 7.81. The van der Waals surface area contributed by atoms with Crippen molar-refractivity contribution in [3.63, 3.8) is 0 Å². The van der Waals surface area contributed by atoms with E-state index in [4.69, 9.17) is 4.42 Å². The van der Waals surface area contributed by atoms with E-state index in [1.807, 2.05) is 43.7 Å². The predicted molar refractivity (Wildman–Crippen MR) is 55.9 cm³/mol. The molecule has 0 fully saturated rings. The highest BCUT2D eigenvalue weighted by atomic mass is 79.9. The number of fused-ring (bicyclic) bond motifs is 1. The minimum absolute atomic E-state index is 0. The Kier molecular flexibility index (Phi) is 2.83. The number of nitrogens with zero attached hydrogens (tertiary/aromatic N) is 2. The molecule has 0 saturated carbocycles. The largest absolute Gasteiger partial charge is 1.00 e. The van der Waals surface area contributed by atoms with Gasteiger partial charge in [0.15, 0.2) is 5.69 Å². The van der Waals surface area contributed by atoms with E-state index in [1.54, 1.807) is 6.26 Å². The maximum absolute atomic E-state index is 5.31. The normalized spacial score (nSPS) is 10.3. The molecular weight excluding hydrogens is 268 g/mol. The molecule has 0 aliphatic carbocycles. The average molecular weight is 279 g/mol. The number of hydrogen-bond acceptors (Lipinski definition) is 1. The summed E-state index contributed by atoms with van der Waals surface area (Å²) in [5, 5.41) is 0. The van der Waals surface area contributed by atoms with Crippen LogP contribution >= 0.6 is 0 Å². The van der Waals surface area contributed by atoms with Crippen LogP contribution in [0.4, 0.5) is 0 Å². The molecule has 16 heavy (non-hydrogen) atoms. The summed E-state index contributed by atoms with van der Waals surface area (Å²) in [4.78, 5) is 0. The highest BCUT2D eigenvalue weighted by Gasteiger charge is 2.14. The van der Waals surface area contributed by atoms with Crippen molar-refractivity contribution in [1.29, 1.82) is 0 Å². The predicted octanol–water partition coefficient (Wildman–Crippen LogP) is -0.879. The minimum atomic E-state index is 0. The highest BCUT2D eigenvalue weighted by molar-refractivity contribution is 5.44. The van der Waals surface area contributed by atoms with Crippen LogP contribution in [0.25, 0.3) is 11.3 Å². The molecule has 4 heteroatoms. The maximum Gasteiger partial charge on any atom is 0.291 e. The molecule has 0 aromatic carbocycles. The fraction of sp³-hybridized carbons (Fsp3) is 0.0833. The summed E-state index contributed by atoms with van der Waals surface area (Å²) in [5.41, 5.74) is 2.21. The molecular formula is C12H11BrN2O. The molecule has 0 saturated heterocycles. The second kappa shape index (κ2) is 4.14. The van der Waals surface area contributed by atoms with Gasteiger partial charge in [0, 0.05) is 12.1 Å². The molecule has 0 spiro atoms. The van der Waals surface area contributed by atoms with Crippen LogP contribution < -0.4 is 21.4 Å². The standard InChI is InChI=1S/C12H11N2O.BrH/c1-10-11(5-9-15-10)14-8-7-13-6-3-2-4-12(13)14;/h2-9H,1H3;1H/q+1;/p-1. The molecule has 3 rings (SSSR count). The fourth-order valence-corrected chi connectivity index (χ4v) is 1.82. The van der Waals surface area contributed by atoms with Gasteiger partial charge in [-0.1, -0.05) is 6.07 Å². The third-order valence-electron chi connectivity index (χ3n) is 2.58. The first-order valence-electron chi connectivity index (χ1n) is 4.88. The number of imidazole rings is 1. The SMILES string of the molecule is Cc1occc1-n1cc[n+]2ccccc12.[Br-]. The number of rotatable bonds is 1. The van der Waals surface area contributed by atoms with Crippen molar-refractivity contribution in [2.75, 3.05) is 0 Å². The molecule has 3 aromatic heterocycles. The Morgan fingerprint density at radius 2 is 2.06 bits per heavy atom. The zero-order valence-corrected chi connectivity index (χ0v) is 10.4. The monoisotopic (exact) mass is 278 g/mol. The lowest BCUT2D eigenvalue weighted by Crippen LogP contribution is -3.00. The number of pyridine rings is 1. The van der Waals surface area contributed by atoms with Crippen molar-refractivity contribution in [3.8, 4) is 5.69 Å². The molecule has 3 heterocycles. The van der Waals surface area contributed by atoms with Crippen LogP contribution in [0.5, 0.6) is 0 Å². The van der Waals surface area contributed by atoms with Gasteiger partial charge in [0.2, 0.25) is 0 Å². The van der Waals surface area contributed by atoms with Crippen LogP contribution in [-0.4, -0.2) is 4.57 Å². The molecule has 0 aliphatic rings. The van der Waals surface area contributed by atoms with Crippen molar-refractivity contribution in [3.05, 3.63) is 54.9 Å². The molecule has 82 valence electrons. The van der Waals surface area contributed by atoms with Gasteiger partial charge in [-0.25, -0.2) is 4.40 Å². The van der Waals surface area contributed by atoms with E-state index in [0.29, 0.717) is 0 Å². The Morgan fingerprint density at radius 1 is 1.19 bits per heavy atom. The van der Waals surface area contributed by atoms with E-state index in [-0.39, 0.29) is 17.0 Å². The summed E-state index contributed by atoms with van der Waals surface area (Å²) in [7, 11) is 0. The van der Waals surface area contributed by atoms with E-state index < -0.39 is 0 Å².